The molecule has 0 aliphatic rings. The molecule has 122 valence electrons. The van der Waals surface area contributed by atoms with E-state index in [9.17, 15) is 4.79 Å². The van der Waals surface area contributed by atoms with E-state index < -0.39 is 0 Å². The standard InChI is InChI=1S/C18H14BrClN2O2/c1-24-13-5-6-15(19)14(11-13)18(23)21-16-7-4-12(20)10-17(16)22-8-2-3-9-22/h2-11H,1H3,(H,21,23). The first-order valence-electron chi connectivity index (χ1n) is 7.16. The van der Waals surface area contributed by atoms with Crippen LogP contribution in [-0.4, -0.2) is 17.6 Å². The van der Waals surface area contributed by atoms with Crippen molar-refractivity contribution in [1.82, 2.24) is 4.57 Å². The fourth-order valence-corrected chi connectivity index (χ4v) is 2.91. The molecule has 0 spiro atoms. The van der Waals surface area contributed by atoms with Gasteiger partial charge in [-0.25, -0.2) is 0 Å². The smallest absolute Gasteiger partial charge is 0.257 e. The molecule has 0 aliphatic heterocycles. The van der Waals surface area contributed by atoms with Crippen molar-refractivity contribution >= 4 is 39.1 Å². The SMILES string of the molecule is COc1ccc(Br)c(C(=O)Nc2ccc(Cl)cc2-n2cccc2)c1. The normalized spacial score (nSPS) is 10.5. The average Bonchev–Trinajstić information content (AvgIpc) is 3.11. The molecule has 0 fully saturated rings. The summed E-state index contributed by atoms with van der Waals surface area (Å²) >= 11 is 9.50. The minimum atomic E-state index is -0.239. The summed E-state index contributed by atoms with van der Waals surface area (Å²) in [5.41, 5.74) is 1.94. The third-order valence-electron chi connectivity index (χ3n) is 3.51. The van der Waals surface area contributed by atoms with Crippen LogP contribution in [0, 0.1) is 0 Å². The van der Waals surface area contributed by atoms with Crippen LogP contribution in [0.15, 0.2) is 65.4 Å². The highest BCUT2D eigenvalue weighted by atomic mass is 79.9. The quantitative estimate of drug-likeness (QED) is 0.652. The van der Waals surface area contributed by atoms with E-state index >= 15 is 0 Å². The summed E-state index contributed by atoms with van der Waals surface area (Å²) in [5, 5.41) is 3.53. The summed E-state index contributed by atoms with van der Waals surface area (Å²) in [6.07, 6.45) is 3.78. The third kappa shape index (κ3) is 3.47. The van der Waals surface area contributed by atoms with Crippen molar-refractivity contribution in [1.29, 1.82) is 0 Å². The summed E-state index contributed by atoms with van der Waals surface area (Å²) < 4.78 is 7.77. The number of methoxy groups -OCH3 is 1. The van der Waals surface area contributed by atoms with Crippen molar-refractivity contribution in [3.63, 3.8) is 0 Å². The zero-order valence-electron chi connectivity index (χ0n) is 12.8. The Morgan fingerprint density at radius 2 is 1.92 bits per heavy atom. The largest absolute Gasteiger partial charge is 0.497 e. The molecular weight excluding hydrogens is 392 g/mol. The first kappa shape index (κ1) is 16.6. The Labute approximate surface area is 153 Å². The van der Waals surface area contributed by atoms with Crippen LogP contribution in [0.25, 0.3) is 5.69 Å². The molecule has 0 saturated heterocycles. The van der Waals surface area contributed by atoms with Crippen LogP contribution in [0.3, 0.4) is 0 Å². The maximum atomic E-state index is 12.7. The van der Waals surface area contributed by atoms with Crippen LogP contribution < -0.4 is 10.1 Å². The van der Waals surface area contributed by atoms with Crippen molar-refractivity contribution in [3.8, 4) is 11.4 Å². The number of anilines is 1. The highest BCUT2D eigenvalue weighted by molar-refractivity contribution is 9.10. The predicted molar refractivity (Wildman–Crippen MR) is 99.4 cm³/mol. The lowest BCUT2D eigenvalue weighted by Crippen LogP contribution is -2.14. The number of rotatable bonds is 4. The van der Waals surface area contributed by atoms with Gasteiger partial charge in [0.05, 0.1) is 24.0 Å². The Morgan fingerprint density at radius 1 is 1.17 bits per heavy atom. The molecule has 3 rings (SSSR count). The number of nitrogens with one attached hydrogen (secondary N) is 1. The number of carbonyl (C=O) groups is 1. The molecule has 1 aromatic heterocycles. The van der Waals surface area contributed by atoms with Gasteiger partial charge in [0.15, 0.2) is 0 Å². The van der Waals surface area contributed by atoms with Crippen LogP contribution in [0.2, 0.25) is 5.02 Å². The Kier molecular flexibility index (Phi) is 4.92. The summed E-state index contributed by atoms with van der Waals surface area (Å²) in [6, 6.07) is 14.4. The Hall–Kier alpha value is -2.24. The monoisotopic (exact) mass is 404 g/mol. The van der Waals surface area contributed by atoms with E-state index in [1.165, 1.54) is 0 Å². The average molecular weight is 406 g/mol. The van der Waals surface area contributed by atoms with E-state index in [0.29, 0.717) is 26.5 Å². The Bertz CT molecular complexity index is 879. The van der Waals surface area contributed by atoms with Crippen molar-refractivity contribution in [2.24, 2.45) is 0 Å². The summed E-state index contributed by atoms with van der Waals surface area (Å²) in [4.78, 5) is 12.7. The van der Waals surface area contributed by atoms with Gasteiger partial charge in [0.2, 0.25) is 0 Å². The zero-order valence-corrected chi connectivity index (χ0v) is 15.1. The van der Waals surface area contributed by atoms with Gasteiger partial charge in [-0.1, -0.05) is 11.6 Å². The number of carbonyl (C=O) groups excluding carboxylic acids is 1. The molecule has 2 aromatic carbocycles. The van der Waals surface area contributed by atoms with Crippen LogP contribution in [0.5, 0.6) is 5.75 Å². The number of amides is 1. The van der Waals surface area contributed by atoms with Crippen molar-refractivity contribution < 1.29 is 9.53 Å². The molecule has 4 nitrogen and oxygen atoms in total. The second kappa shape index (κ2) is 7.11. The lowest BCUT2D eigenvalue weighted by atomic mass is 10.2. The first-order chi connectivity index (χ1) is 11.6. The molecular formula is C18H14BrClN2O2. The Morgan fingerprint density at radius 3 is 2.62 bits per heavy atom. The summed E-state index contributed by atoms with van der Waals surface area (Å²) in [5.74, 6) is 0.376. The van der Waals surface area contributed by atoms with Crippen molar-refractivity contribution in [2.75, 3.05) is 12.4 Å². The summed E-state index contributed by atoms with van der Waals surface area (Å²) in [7, 11) is 1.56. The zero-order chi connectivity index (χ0) is 17.1. The lowest BCUT2D eigenvalue weighted by molar-refractivity contribution is 0.102. The fraction of sp³-hybridized carbons (Fsp3) is 0.0556. The van der Waals surface area contributed by atoms with Gasteiger partial charge in [-0.3, -0.25) is 4.79 Å². The number of nitrogens with zero attached hydrogens (tertiary/aromatic N) is 1. The van der Waals surface area contributed by atoms with Crippen molar-refractivity contribution in [3.05, 3.63) is 76.0 Å². The van der Waals surface area contributed by atoms with Crippen molar-refractivity contribution in [2.45, 2.75) is 0 Å². The second-order valence-corrected chi connectivity index (χ2v) is 6.34. The molecule has 1 heterocycles. The van der Waals surface area contributed by atoms with E-state index in [1.54, 1.807) is 43.5 Å². The van der Waals surface area contributed by atoms with Gasteiger partial charge < -0.3 is 14.6 Å². The third-order valence-corrected chi connectivity index (χ3v) is 4.44. The molecule has 1 amide bonds. The number of ether oxygens (including phenoxy) is 1. The Balaban J connectivity index is 1.96. The molecule has 3 aromatic rings. The lowest BCUT2D eigenvalue weighted by Gasteiger charge is -2.14. The van der Waals surface area contributed by atoms with Crippen LogP contribution in [-0.2, 0) is 0 Å². The molecule has 24 heavy (non-hydrogen) atoms. The van der Waals surface area contributed by atoms with Crippen LogP contribution in [0.1, 0.15) is 10.4 Å². The molecule has 0 aliphatic carbocycles. The van der Waals surface area contributed by atoms with E-state index in [2.05, 4.69) is 21.2 Å². The molecule has 0 unspecified atom stereocenters. The number of halogens is 2. The number of aromatic nitrogens is 1. The van der Waals surface area contributed by atoms with E-state index in [1.807, 2.05) is 29.1 Å². The number of hydrogen-bond acceptors (Lipinski definition) is 2. The second-order valence-electron chi connectivity index (χ2n) is 5.05. The highest BCUT2D eigenvalue weighted by Gasteiger charge is 2.14. The van der Waals surface area contributed by atoms with E-state index in [0.717, 1.165) is 5.69 Å². The minimum Gasteiger partial charge on any atom is -0.497 e. The number of hydrogen-bond donors (Lipinski definition) is 1. The number of benzene rings is 2. The van der Waals surface area contributed by atoms with Gasteiger partial charge in [-0.2, -0.15) is 0 Å². The molecule has 0 saturated carbocycles. The maximum absolute atomic E-state index is 12.7. The van der Waals surface area contributed by atoms with Gasteiger partial charge in [-0.05, 0) is 64.5 Å². The van der Waals surface area contributed by atoms with Gasteiger partial charge in [0.1, 0.15) is 5.75 Å². The van der Waals surface area contributed by atoms with Crippen LogP contribution >= 0.6 is 27.5 Å². The van der Waals surface area contributed by atoms with Gasteiger partial charge >= 0.3 is 0 Å². The molecule has 6 heteroatoms. The van der Waals surface area contributed by atoms with E-state index in [-0.39, 0.29) is 5.91 Å². The molecule has 0 atom stereocenters. The van der Waals surface area contributed by atoms with Gasteiger partial charge in [-0.15, -0.1) is 0 Å². The van der Waals surface area contributed by atoms with Crippen LogP contribution in [0.4, 0.5) is 5.69 Å². The van der Waals surface area contributed by atoms with Gasteiger partial charge in [0.25, 0.3) is 5.91 Å². The predicted octanol–water partition coefficient (Wildman–Crippen LogP) is 5.15. The fourth-order valence-electron chi connectivity index (χ4n) is 2.31. The first-order valence-corrected chi connectivity index (χ1v) is 8.33. The maximum Gasteiger partial charge on any atom is 0.257 e. The summed E-state index contributed by atoms with van der Waals surface area (Å²) in [6.45, 7) is 0. The van der Waals surface area contributed by atoms with Gasteiger partial charge in [0, 0.05) is 21.9 Å². The molecule has 1 N–H and O–H groups in total. The molecule has 0 radical (unpaired) electrons. The highest BCUT2D eigenvalue weighted by Crippen LogP contribution is 2.27. The minimum absolute atomic E-state index is 0.239. The topological polar surface area (TPSA) is 43.3 Å². The van der Waals surface area contributed by atoms with E-state index in [4.69, 9.17) is 16.3 Å². The molecule has 0 bridgehead atoms.